The Bertz CT molecular complexity index is 704. The van der Waals surface area contributed by atoms with E-state index in [1.165, 1.54) is 30.5 Å². The highest BCUT2D eigenvalue weighted by atomic mass is 19.4. The number of rotatable bonds is 6. The monoisotopic (exact) mass is 342 g/mol. The molecule has 4 nitrogen and oxygen atoms in total. The zero-order chi connectivity index (χ0) is 17.6. The van der Waals surface area contributed by atoms with Gasteiger partial charge in [0, 0.05) is 12.7 Å². The second kappa shape index (κ2) is 7.76. The number of pyridine rings is 1. The summed E-state index contributed by atoms with van der Waals surface area (Å²) in [7, 11) is 0. The lowest BCUT2D eigenvalue weighted by atomic mass is 10.1. The summed E-state index contributed by atoms with van der Waals surface area (Å²) in [5.74, 6) is -1.39. The first-order valence-electron chi connectivity index (χ1n) is 7.02. The van der Waals surface area contributed by atoms with Crippen LogP contribution in [0.3, 0.4) is 0 Å². The Balaban J connectivity index is 1.94. The third-order valence-electron chi connectivity index (χ3n) is 2.98. The number of aromatic nitrogens is 1. The number of amides is 1. The summed E-state index contributed by atoms with van der Waals surface area (Å²) in [6.07, 6.45) is -2.92. The van der Waals surface area contributed by atoms with Crippen LogP contribution in [-0.4, -0.2) is 30.2 Å². The highest BCUT2D eigenvalue weighted by Crippen LogP contribution is 2.19. The van der Waals surface area contributed by atoms with E-state index < -0.39 is 24.6 Å². The van der Waals surface area contributed by atoms with E-state index in [1.807, 2.05) is 0 Å². The van der Waals surface area contributed by atoms with Crippen LogP contribution < -0.4 is 10.1 Å². The number of nitrogens with one attached hydrogen (secondary N) is 1. The van der Waals surface area contributed by atoms with Gasteiger partial charge in [-0.1, -0.05) is 12.1 Å². The van der Waals surface area contributed by atoms with Crippen LogP contribution in [0, 0.1) is 5.82 Å². The molecule has 1 aromatic carbocycles. The van der Waals surface area contributed by atoms with Crippen molar-refractivity contribution in [2.45, 2.75) is 12.6 Å². The van der Waals surface area contributed by atoms with E-state index in [9.17, 15) is 22.4 Å². The van der Waals surface area contributed by atoms with Crippen LogP contribution in [-0.2, 0) is 6.42 Å². The fourth-order valence-corrected chi connectivity index (χ4v) is 1.94. The standard InChI is InChI=1S/C16H14F4N2O2/c17-12-4-1-3-11(9-12)6-8-21-14(23)13-5-2-7-22-15(13)24-10-16(18,19)20/h1-5,7,9H,6,8,10H2,(H,21,23). The van der Waals surface area contributed by atoms with E-state index in [1.54, 1.807) is 12.1 Å². The van der Waals surface area contributed by atoms with Gasteiger partial charge in [0.15, 0.2) is 6.61 Å². The molecule has 128 valence electrons. The predicted octanol–water partition coefficient (Wildman–Crippen LogP) is 3.13. The van der Waals surface area contributed by atoms with Gasteiger partial charge < -0.3 is 10.1 Å². The van der Waals surface area contributed by atoms with Crippen molar-refractivity contribution in [3.05, 3.63) is 59.5 Å². The molecule has 0 unspecified atom stereocenters. The maximum atomic E-state index is 13.0. The average molecular weight is 342 g/mol. The van der Waals surface area contributed by atoms with Crippen molar-refractivity contribution in [1.82, 2.24) is 10.3 Å². The predicted molar refractivity (Wildman–Crippen MR) is 78.2 cm³/mol. The van der Waals surface area contributed by atoms with Crippen LogP contribution in [0.4, 0.5) is 17.6 Å². The molecule has 0 saturated heterocycles. The second-order valence-corrected chi connectivity index (χ2v) is 4.90. The summed E-state index contributed by atoms with van der Waals surface area (Å²) in [6.45, 7) is -1.34. The minimum atomic E-state index is -4.53. The molecule has 1 heterocycles. The van der Waals surface area contributed by atoms with Gasteiger partial charge in [0.2, 0.25) is 5.88 Å². The normalized spacial score (nSPS) is 11.2. The van der Waals surface area contributed by atoms with Crippen LogP contribution >= 0.6 is 0 Å². The van der Waals surface area contributed by atoms with Crippen molar-refractivity contribution in [3.8, 4) is 5.88 Å². The molecule has 1 aromatic heterocycles. The number of halogens is 4. The summed E-state index contributed by atoms with van der Waals surface area (Å²) in [5.41, 5.74) is 0.594. The molecular formula is C16H14F4N2O2. The van der Waals surface area contributed by atoms with E-state index in [-0.39, 0.29) is 17.9 Å². The van der Waals surface area contributed by atoms with Gasteiger partial charge in [-0.25, -0.2) is 9.37 Å². The molecule has 0 atom stereocenters. The molecule has 0 aliphatic carbocycles. The Hall–Kier alpha value is -2.64. The Morgan fingerprint density at radius 2 is 2.00 bits per heavy atom. The molecule has 0 fully saturated rings. The van der Waals surface area contributed by atoms with E-state index >= 15 is 0 Å². The minimum Gasteiger partial charge on any atom is -0.467 e. The summed E-state index contributed by atoms with van der Waals surface area (Å²) in [5, 5.41) is 2.54. The molecule has 24 heavy (non-hydrogen) atoms. The maximum Gasteiger partial charge on any atom is 0.422 e. The summed E-state index contributed by atoms with van der Waals surface area (Å²) < 4.78 is 54.2. The Morgan fingerprint density at radius 3 is 2.71 bits per heavy atom. The number of hydrogen-bond donors (Lipinski definition) is 1. The molecule has 0 bridgehead atoms. The van der Waals surface area contributed by atoms with Crippen LogP contribution in [0.1, 0.15) is 15.9 Å². The molecule has 1 amide bonds. The van der Waals surface area contributed by atoms with E-state index in [2.05, 4.69) is 15.0 Å². The van der Waals surface area contributed by atoms with Gasteiger partial charge in [-0.15, -0.1) is 0 Å². The summed E-state index contributed by atoms with van der Waals surface area (Å²) in [6, 6.07) is 8.64. The van der Waals surface area contributed by atoms with Crippen LogP contribution in [0.2, 0.25) is 0 Å². The smallest absolute Gasteiger partial charge is 0.422 e. The maximum absolute atomic E-state index is 13.0. The molecule has 0 aliphatic heterocycles. The Kier molecular flexibility index (Phi) is 5.73. The van der Waals surface area contributed by atoms with E-state index in [4.69, 9.17) is 0 Å². The van der Waals surface area contributed by atoms with E-state index in [0.717, 1.165) is 0 Å². The lowest BCUT2D eigenvalue weighted by molar-refractivity contribution is -0.154. The van der Waals surface area contributed by atoms with E-state index in [0.29, 0.717) is 12.0 Å². The third-order valence-corrected chi connectivity index (χ3v) is 2.98. The fourth-order valence-electron chi connectivity index (χ4n) is 1.94. The quantitative estimate of drug-likeness (QED) is 0.821. The van der Waals surface area contributed by atoms with Gasteiger partial charge in [0.25, 0.3) is 5.91 Å². The summed E-state index contributed by atoms with van der Waals surface area (Å²) >= 11 is 0. The molecule has 0 saturated carbocycles. The topological polar surface area (TPSA) is 51.2 Å². The molecule has 1 N–H and O–H groups in total. The molecular weight excluding hydrogens is 328 g/mol. The molecule has 2 rings (SSSR count). The van der Waals surface area contributed by atoms with Crippen molar-refractivity contribution >= 4 is 5.91 Å². The molecule has 0 aliphatic rings. The van der Waals surface area contributed by atoms with Gasteiger partial charge in [-0.05, 0) is 36.2 Å². The molecule has 2 aromatic rings. The third kappa shape index (κ3) is 5.53. The van der Waals surface area contributed by atoms with Crippen LogP contribution in [0.15, 0.2) is 42.6 Å². The number of carbonyl (C=O) groups is 1. The number of carbonyl (C=O) groups excluding carboxylic acids is 1. The van der Waals surface area contributed by atoms with Gasteiger partial charge in [-0.2, -0.15) is 13.2 Å². The van der Waals surface area contributed by atoms with Crippen molar-refractivity contribution in [2.24, 2.45) is 0 Å². The van der Waals surface area contributed by atoms with Crippen molar-refractivity contribution in [1.29, 1.82) is 0 Å². The van der Waals surface area contributed by atoms with Gasteiger partial charge in [0.05, 0.1) is 0 Å². The number of nitrogens with zero attached hydrogens (tertiary/aromatic N) is 1. The minimum absolute atomic E-state index is 0.0963. The summed E-state index contributed by atoms with van der Waals surface area (Å²) in [4.78, 5) is 15.7. The average Bonchev–Trinajstić information content (AvgIpc) is 2.52. The van der Waals surface area contributed by atoms with Crippen LogP contribution in [0.25, 0.3) is 0 Å². The zero-order valence-corrected chi connectivity index (χ0v) is 12.4. The largest absolute Gasteiger partial charge is 0.467 e. The number of alkyl halides is 3. The fraction of sp³-hybridized carbons (Fsp3) is 0.250. The number of benzene rings is 1. The molecule has 0 radical (unpaired) electrons. The lowest BCUT2D eigenvalue weighted by Crippen LogP contribution is -2.27. The number of ether oxygens (including phenoxy) is 1. The first kappa shape index (κ1) is 17.7. The van der Waals surface area contributed by atoms with Gasteiger partial charge in [0.1, 0.15) is 11.4 Å². The second-order valence-electron chi connectivity index (χ2n) is 4.90. The first-order chi connectivity index (χ1) is 11.3. The Morgan fingerprint density at radius 1 is 1.21 bits per heavy atom. The van der Waals surface area contributed by atoms with Gasteiger partial charge in [-0.3, -0.25) is 4.79 Å². The van der Waals surface area contributed by atoms with Crippen molar-refractivity contribution in [2.75, 3.05) is 13.2 Å². The highest BCUT2D eigenvalue weighted by molar-refractivity contribution is 5.96. The highest BCUT2D eigenvalue weighted by Gasteiger charge is 2.29. The SMILES string of the molecule is O=C(NCCc1cccc(F)c1)c1cccnc1OCC(F)(F)F. The first-order valence-corrected chi connectivity index (χ1v) is 7.02. The molecule has 8 heteroatoms. The zero-order valence-electron chi connectivity index (χ0n) is 12.4. The Labute approximate surface area is 135 Å². The molecule has 0 spiro atoms. The lowest BCUT2D eigenvalue weighted by Gasteiger charge is -2.12. The van der Waals surface area contributed by atoms with Gasteiger partial charge >= 0.3 is 6.18 Å². The van der Waals surface area contributed by atoms with Crippen molar-refractivity contribution in [3.63, 3.8) is 0 Å². The van der Waals surface area contributed by atoms with Crippen molar-refractivity contribution < 1.29 is 27.1 Å². The van der Waals surface area contributed by atoms with Crippen LogP contribution in [0.5, 0.6) is 5.88 Å². The number of hydrogen-bond acceptors (Lipinski definition) is 3.